The third-order valence-corrected chi connectivity index (χ3v) is 7.58. The normalized spacial score (nSPS) is 16.4. The summed E-state index contributed by atoms with van der Waals surface area (Å²) in [5.74, 6) is -1.11. The van der Waals surface area contributed by atoms with Gasteiger partial charge in [0.1, 0.15) is 12.0 Å². The largest absolute Gasteiger partial charge is 0.496 e. The second-order valence-corrected chi connectivity index (χ2v) is 9.70. The number of nitrogens with zero attached hydrogens (tertiary/aromatic N) is 1. The first-order valence-electron chi connectivity index (χ1n) is 10.5. The molecule has 0 aliphatic carbocycles. The molecule has 1 fully saturated rings. The van der Waals surface area contributed by atoms with Gasteiger partial charge in [0.15, 0.2) is 0 Å². The maximum Gasteiger partial charge on any atom is 0.309 e. The van der Waals surface area contributed by atoms with Gasteiger partial charge in [0, 0.05) is 18.7 Å². The first-order valence-corrected chi connectivity index (χ1v) is 12.0. The predicted molar refractivity (Wildman–Crippen MR) is 122 cm³/mol. The van der Waals surface area contributed by atoms with Gasteiger partial charge in [-0.3, -0.25) is 9.59 Å². The Hall–Kier alpha value is -2.95. The smallest absolute Gasteiger partial charge is 0.309 e. The van der Waals surface area contributed by atoms with Crippen molar-refractivity contribution in [3.05, 3.63) is 58.7 Å². The molecule has 178 valence electrons. The van der Waals surface area contributed by atoms with Crippen LogP contribution < -0.4 is 15.4 Å². The van der Waals surface area contributed by atoms with E-state index in [9.17, 15) is 18.0 Å². The minimum absolute atomic E-state index is 0.114. The van der Waals surface area contributed by atoms with Crippen molar-refractivity contribution in [1.82, 2.24) is 14.9 Å². The second kappa shape index (κ2) is 10.3. The highest BCUT2D eigenvalue weighted by atomic mass is 32.2. The number of ether oxygens (including phenoxy) is 2. The molecule has 1 atom stereocenters. The second-order valence-electron chi connectivity index (χ2n) is 7.87. The van der Waals surface area contributed by atoms with Crippen molar-refractivity contribution in [2.24, 2.45) is 0 Å². The van der Waals surface area contributed by atoms with E-state index in [2.05, 4.69) is 10.6 Å². The van der Waals surface area contributed by atoms with Crippen LogP contribution in [-0.4, -0.2) is 57.6 Å². The predicted octanol–water partition coefficient (Wildman–Crippen LogP) is 1.40. The zero-order valence-electron chi connectivity index (χ0n) is 19.2. The Kier molecular flexibility index (Phi) is 7.72. The van der Waals surface area contributed by atoms with E-state index in [1.807, 2.05) is 19.1 Å². The van der Waals surface area contributed by atoms with E-state index in [-0.39, 0.29) is 31.1 Å². The van der Waals surface area contributed by atoms with E-state index < -0.39 is 28.1 Å². The van der Waals surface area contributed by atoms with Gasteiger partial charge in [-0.2, -0.15) is 4.31 Å². The molecule has 0 saturated carbocycles. The molecule has 1 aliphatic heterocycles. The minimum atomic E-state index is -3.85. The van der Waals surface area contributed by atoms with Gasteiger partial charge in [-0.25, -0.2) is 8.42 Å². The monoisotopic (exact) mass is 475 g/mol. The lowest BCUT2D eigenvalue weighted by atomic mass is 10.1. The number of carbonyl (C=O) groups excluding carboxylic acids is 2. The van der Waals surface area contributed by atoms with Gasteiger partial charge in [-0.15, -0.1) is 0 Å². The summed E-state index contributed by atoms with van der Waals surface area (Å²) >= 11 is 0. The summed E-state index contributed by atoms with van der Waals surface area (Å²) in [6.07, 6.45) is -0.902. The fraction of sp³-hybridized carbons (Fsp3) is 0.391. The van der Waals surface area contributed by atoms with Crippen LogP contribution in [0.1, 0.15) is 22.3 Å². The minimum Gasteiger partial charge on any atom is -0.496 e. The summed E-state index contributed by atoms with van der Waals surface area (Å²) in [6, 6.07) is 10.8. The number of para-hydroxylation sites is 1. The third kappa shape index (κ3) is 5.52. The van der Waals surface area contributed by atoms with Crippen LogP contribution >= 0.6 is 0 Å². The van der Waals surface area contributed by atoms with Crippen LogP contribution in [-0.2, 0) is 30.9 Å². The van der Waals surface area contributed by atoms with Gasteiger partial charge in [0.2, 0.25) is 10.0 Å². The van der Waals surface area contributed by atoms with Crippen LogP contribution in [0, 0.1) is 20.8 Å². The number of methoxy groups -OCH3 is 1. The van der Waals surface area contributed by atoms with Crippen molar-refractivity contribution < 1.29 is 27.5 Å². The summed E-state index contributed by atoms with van der Waals surface area (Å²) in [4.78, 5) is 24.7. The maximum absolute atomic E-state index is 13.3. The Morgan fingerprint density at radius 2 is 1.73 bits per heavy atom. The van der Waals surface area contributed by atoms with Crippen molar-refractivity contribution in [3.63, 3.8) is 0 Å². The highest BCUT2D eigenvalue weighted by Crippen LogP contribution is 2.28. The third-order valence-electron chi connectivity index (χ3n) is 5.39. The Morgan fingerprint density at radius 3 is 2.39 bits per heavy atom. The number of hydrogen-bond acceptors (Lipinski definition) is 6. The van der Waals surface area contributed by atoms with Crippen molar-refractivity contribution in [1.29, 1.82) is 0 Å². The quantitative estimate of drug-likeness (QED) is 0.585. The van der Waals surface area contributed by atoms with Gasteiger partial charge in [0.25, 0.3) is 0 Å². The van der Waals surface area contributed by atoms with E-state index in [0.717, 1.165) is 11.1 Å². The number of hydrogen-bond donors (Lipinski definition) is 2. The van der Waals surface area contributed by atoms with Gasteiger partial charge in [-0.05, 0) is 38.0 Å². The first kappa shape index (κ1) is 24.7. The number of nitrogens with one attached hydrogen (secondary N) is 2. The molecular weight excluding hydrogens is 446 g/mol. The average Bonchev–Trinajstić information content (AvgIpc) is 3.24. The van der Waals surface area contributed by atoms with E-state index in [4.69, 9.17) is 9.47 Å². The van der Waals surface area contributed by atoms with E-state index in [1.54, 1.807) is 38.1 Å². The summed E-state index contributed by atoms with van der Waals surface area (Å²) < 4.78 is 38.7. The maximum atomic E-state index is 13.3. The van der Waals surface area contributed by atoms with Gasteiger partial charge in [-0.1, -0.05) is 35.9 Å². The summed E-state index contributed by atoms with van der Waals surface area (Å²) in [5, 5.41) is 5.00. The fourth-order valence-electron chi connectivity index (χ4n) is 4.00. The van der Waals surface area contributed by atoms with Crippen LogP contribution in [0.2, 0.25) is 0 Å². The number of sulfonamides is 1. The van der Waals surface area contributed by atoms with Gasteiger partial charge >= 0.3 is 11.8 Å². The summed E-state index contributed by atoms with van der Waals surface area (Å²) in [5.41, 5.74) is 3.00. The van der Waals surface area contributed by atoms with Crippen molar-refractivity contribution >= 4 is 21.8 Å². The zero-order chi connectivity index (χ0) is 24.2. The average molecular weight is 476 g/mol. The van der Waals surface area contributed by atoms with Crippen LogP contribution in [0.15, 0.2) is 41.3 Å². The Bertz CT molecular complexity index is 1130. The number of aryl methyl sites for hydroxylation is 3. The summed E-state index contributed by atoms with van der Waals surface area (Å²) in [7, 11) is -2.32. The SMILES string of the molecule is COc1ccccc1CNC(=O)C(=O)NC[C@H]1OCCN1S(=O)(=O)c1c(C)cc(C)cc1C. The molecule has 2 aromatic carbocycles. The molecule has 2 N–H and O–H groups in total. The lowest BCUT2D eigenvalue weighted by Gasteiger charge is -2.24. The fourth-order valence-corrected chi connectivity index (χ4v) is 5.92. The molecule has 3 rings (SSSR count). The number of amides is 2. The molecule has 1 heterocycles. The standard InChI is InChI=1S/C23H29N3O6S/c1-15-11-16(2)21(17(3)12-15)33(29,30)26-9-10-32-20(26)14-25-23(28)22(27)24-13-18-7-5-6-8-19(18)31-4/h5-8,11-12,20H,9-10,13-14H2,1-4H3,(H,24,27)(H,25,28)/t20-/m1/s1. The Balaban J connectivity index is 1.62. The zero-order valence-corrected chi connectivity index (χ0v) is 20.0. The topological polar surface area (TPSA) is 114 Å². The van der Waals surface area contributed by atoms with Gasteiger partial charge < -0.3 is 20.1 Å². The molecule has 10 heteroatoms. The lowest BCUT2D eigenvalue weighted by Crippen LogP contribution is -2.47. The van der Waals surface area contributed by atoms with Crippen molar-refractivity contribution in [2.75, 3.05) is 26.8 Å². The van der Waals surface area contributed by atoms with E-state index in [1.165, 1.54) is 11.4 Å². The molecule has 33 heavy (non-hydrogen) atoms. The van der Waals surface area contributed by atoms with E-state index >= 15 is 0 Å². The summed E-state index contributed by atoms with van der Waals surface area (Å²) in [6.45, 7) is 5.75. The molecule has 2 amide bonds. The molecule has 1 aliphatic rings. The number of benzene rings is 2. The lowest BCUT2D eigenvalue weighted by molar-refractivity contribution is -0.139. The van der Waals surface area contributed by atoms with Crippen LogP contribution in [0.5, 0.6) is 5.75 Å². The van der Waals surface area contributed by atoms with Crippen LogP contribution in [0.3, 0.4) is 0 Å². The van der Waals surface area contributed by atoms with Gasteiger partial charge in [0.05, 0.1) is 25.2 Å². The Morgan fingerprint density at radius 1 is 1.09 bits per heavy atom. The molecule has 0 spiro atoms. The highest BCUT2D eigenvalue weighted by Gasteiger charge is 2.38. The van der Waals surface area contributed by atoms with Crippen LogP contribution in [0.25, 0.3) is 0 Å². The molecule has 9 nitrogen and oxygen atoms in total. The molecule has 1 saturated heterocycles. The van der Waals surface area contributed by atoms with Crippen LogP contribution in [0.4, 0.5) is 0 Å². The number of rotatable bonds is 7. The van der Waals surface area contributed by atoms with Crippen molar-refractivity contribution in [2.45, 2.75) is 38.4 Å². The van der Waals surface area contributed by atoms with Crippen molar-refractivity contribution in [3.8, 4) is 5.75 Å². The number of carbonyl (C=O) groups is 2. The van der Waals surface area contributed by atoms with E-state index in [0.29, 0.717) is 16.9 Å². The highest BCUT2D eigenvalue weighted by molar-refractivity contribution is 7.89. The first-order chi connectivity index (χ1) is 15.6. The molecule has 0 unspecified atom stereocenters. The molecule has 0 bridgehead atoms. The molecular formula is C23H29N3O6S. The molecule has 0 radical (unpaired) electrons. The molecule has 0 aromatic heterocycles. The molecule has 2 aromatic rings. The Labute approximate surface area is 194 Å².